The smallest absolute Gasteiger partial charge is 0.404 e. The van der Waals surface area contributed by atoms with Crippen molar-refractivity contribution in [3.05, 3.63) is 64.9 Å². The third kappa shape index (κ3) is 2.75. The fourth-order valence-corrected chi connectivity index (χ4v) is 3.72. The second-order valence-electron chi connectivity index (χ2n) is 6.36. The molecule has 0 spiro atoms. The Hall–Kier alpha value is -3.40. The van der Waals surface area contributed by atoms with E-state index in [1.165, 1.54) is 6.07 Å². The number of nitrogens with zero attached hydrogens (tertiary/aromatic N) is 3. The highest BCUT2D eigenvalue weighted by Crippen LogP contribution is 2.34. The number of carbonyl (C=O) groups is 1. The number of hydrogen-bond donors (Lipinski definition) is 2. The summed E-state index contributed by atoms with van der Waals surface area (Å²) in [6, 6.07) is 12.1. The minimum absolute atomic E-state index is 0.209. The standard InChI is InChI=1S/C19H15FN4O2/c20-18-3-1-2-12(22-18)10-24-16-5-4-11(9-21)6-14(16)15-7-13(8-17(15)24)23-19(25)26/h1-6,13,23H,7-8,10H2,(H,25,26)/t13-/m0/s1. The van der Waals surface area contributed by atoms with E-state index in [2.05, 4.69) is 16.4 Å². The number of halogens is 1. The van der Waals surface area contributed by atoms with Gasteiger partial charge in [-0.15, -0.1) is 0 Å². The van der Waals surface area contributed by atoms with E-state index in [1.54, 1.807) is 18.2 Å². The Balaban J connectivity index is 1.82. The van der Waals surface area contributed by atoms with Gasteiger partial charge in [-0.25, -0.2) is 9.78 Å². The Morgan fingerprint density at radius 1 is 1.38 bits per heavy atom. The minimum atomic E-state index is -1.06. The van der Waals surface area contributed by atoms with Crippen LogP contribution in [-0.2, 0) is 19.4 Å². The van der Waals surface area contributed by atoms with Crippen LogP contribution < -0.4 is 5.32 Å². The zero-order valence-electron chi connectivity index (χ0n) is 13.7. The molecule has 2 heterocycles. The first-order chi connectivity index (χ1) is 12.5. The monoisotopic (exact) mass is 350 g/mol. The summed E-state index contributed by atoms with van der Waals surface area (Å²) in [5, 5.41) is 21.7. The van der Waals surface area contributed by atoms with Crippen molar-refractivity contribution in [2.24, 2.45) is 0 Å². The molecule has 0 saturated heterocycles. The molecule has 0 radical (unpaired) electrons. The summed E-state index contributed by atoms with van der Waals surface area (Å²) in [4.78, 5) is 14.9. The van der Waals surface area contributed by atoms with E-state index in [0.717, 1.165) is 22.2 Å². The molecule has 2 N–H and O–H groups in total. The van der Waals surface area contributed by atoms with Crippen LogP contribution in [0.25, 0.3) is 10.9 Å². The van der Waals surface area contributed by atoms with Gasteiger partial charge in [0.1, 0.15) is 0 Å². The molecule has 130 valence electrons. The Bertz CT molecular complexity index is 1070. The average molecular weight is 350 g/mol. The van der Waals surface area contributed by atoms with Gasteiger partial charge in [-0.3, -0.25) is 0 Å². The number of pyridine rings is 1. The summed E-state index contributed by atoms with van der Waals surface area (Å²) in [7, 11) is 0. The molecule has 1 atom stereocenters. The van der Waals surface area contributed by atoms with Crippen LogP contribution in [0.2, 0.25) is 0 Å². The van der Waals surface area contributed by atoms with Crippen molar-refractivity contribution in [2.45, 2.75) is 25.4 Å². The van der Waals surface area contributed by atoms with Gasteiger partial charge in [0.2, 0.25) is 5.95 Å². The van der Waals surface area contributed by atoms with Gasteiger partial charge in [0, 0.05) is 29.1 Å². The second kappa shape index (κ2) is 6.15. The second-order valence-corrected chi connectivity index (χ2v) is 6.36. The van der Waals surface area contributed by atoms with Gasteiger partial charge in [-0.05, 0) is 42.3 Å². The first kappa shape index (κ1) is 16.1. The Kier molecular flexibility index (Phi) is 3.81. The highest BCUT2D eigenvalue weighted by Gasteiger charge is 2.29. The van der Waals surface area contributed by atoms with Crippen LogP contribution in [0.1, 0.15) is 22.5 Å². The van der Waals surface area contributed by atoms with Crippen LogP contribution >= 0.6 is 0 Å². The highest BCUT2D eigenvalue weighted by molar-refractivity contribution is 5.88. The van der Waals surface area contributed by atoms with E-state index in [9.17, 15) is 14.4 Å². The third-order valence-corrected chi connectivity index (χ3v) is 4.73. The normalized spacial score (nSPS) is 15.6. The number of amides is 1. The molecule has 0 fully saturated rings. The number of aromatic nitrogens is 2. The lowest BCUT2D eigenvalue weighted by Gasteiger charge is -2.13. The molecule has 26 heavy (non-hydrogen) atoms. The SMILES string of the molecule is N#Cc1ccc2c(c1)c1c(n2Cc2cccc(F)n2)C[C@@H](NC(=O)O)C1. The minimum Gasteiger partial charge on any atom is -0.465 e. The van der Waals surface area contributed by atoms with Gasteiger partial charge >= 0.3 is 6.09 Å². The fourth-order valence-electron chi connectivity index (χ4n) is 3.72. The van der Waals surface area contributed by atoms with Crippen molar-refractivity contribution in [3.8, 4) is 6.07 Å². The predicted molar refractivity (Wildman–Crippen MR) is 92.3 cm³/mol. The summed E-state index contributed by atoms with van der Waals surface area (Å²) in [6.45, 7) is 0.384. The van der Waals surface area contributed by atoms with E-state index in [1.807, 2.05) is 16.7 Å². The lowest BCUT2D eigenvalue weighted by atomic mass is 10.1. The molecule has 3 aromatic rings. The van der Waals surface area contributed by atoms with Crippen molar-refractivity contribution in [2.75, 3.05) is 0 Å². The van der Waals surface area contributed by atoms with Gasteiger partial charge in [-0.1, -0.05) is 6.07 Å². The van der Waals surface area contributed by atoms with E-state index in [4.69, 9.17) is 5.11 Å². The Labute approximate surface area is 148 Å². The molecule has 6 nitrogen and oxygen atoms in total. The molecule has 1 aromatic carbocycles. The quantitative estimate of drug-likeness (QED) is 0.711. The molecule has 1 amide bonds. The van der Waals surface area contributed by atoms with Crippen molar-refractivity contribution in [1.29, 1.82) is 5.26 Å². The highest BCUT2D eigenvalue weighted by atomic mass is 19.1. The van der Waals surface area contributed by atoms with Crippen LogP contribution in [0.3, 0.4) is 0 Å². The van der Waals surface area contributed by atoms with Gasteiger partial charge in [0.05, 0.1) is 23.9 Å². The Morgan fingerprint density at radius 2 is 2.23 bits per heavy atom. The van der Waals surface area contributed by atoms with Crippen molar-refractivity contribution >= 4 is 17.0 Å². The van der Waals surface area contributed by atoms with Crippen LogP contribution in [-0.4, -0.2) is 26.8 Å². The summed E-state index contributed by atoms with van der Waals surface area (Å²) >= 11 is 0. The van der Waals surface area contributed by atoms with Crippen molar-refractivity contribution in [1.82, 2.24) is 14.9 Å². The first-order valence-corrected chi connectivity index (χ1v) is 8.20. The van der Waals surface area contributed by atoms with Crippen LogP contribution in [0.5, 0.6) is 0 Å². The van der Waals surface area contributed by atoms with Gasteiger partial charge < -0.3 is 15.0 Å². The maximum Gasteiger partial charge on any atom is 0.404 e. The van der Waals surface area contributed by atoms with E-state index >= 15 is 0 Å². The fraction of sp³-hybridized carbons (Fsp3) is 0.211. The maximum atomic E-state index is 13.5. The summed E-state index contributed by atoms with van der Waals surface area (Å²) in [5.41, 5.74) is 4.11. The van der Waals surface area contributed by atoms with E-state index in [-0.39, 0.29) is 6.04 Å². The zero-order valence-corrected chi connectivity index (χ0v) is 13.7. The van der Waals surface area contributed by atoms with Crippen LogP contribution in [0, 0.1) is 17.3 Å². The molecule has 0 aliphatic heterocycles. The number of benzene rings is 1. The van der Waals surface area contributed by atoms with Crippen molar-refractivity contribution in [3.63, 3.8) is 0 Å². The van der Waals surface area contributed by atoms with Gasteiger partial charge in [0.25, 0.3) is 0 Å². The number of carboxylic acid groups (broad SMARTS) is 1. The molecular weight excluding hydrogens is 335 g/mol. The summed E-state index contributed by atoms with van der Waals surface area (Å²) in [6.07, 6.45) is 0.0601. The largest absolute Gasteiger partial charge is 0.465 e. The summed E-state index contributed by atoms with van der Waals surface area (Å²) < 4.78 is 15.5. The predicted octanol–water partition coefficient (Wildman–Crippen LogP) is 2.83. The number of hydrogen-bond acceptors (Lipinski definition) is 3. The number of nitriles is 1. The van der Waals surface area contributed by atoms with Crippen LogP contribution in [0.4, 0.5) is 9.18 Å². The average Bonchev–Trinajstić information content (AvgIpc) is 3.12. The van der Waals surface area contributed by atoms with Crippen molar-refractivity contribution < 1.29 is 14.3 Å². The number of nitrogens with one attached hydrogen (secondary N) is 1. The van der Waals surface area contributed by atoms with Gasteiger partial charge in [0.15, 0.2) is 0 Å². The van der Waals surface area contributed by atoms with E-state index in [0.29, 0.717) is 30.6 Å². The molecule has 1 aliphatic rings. The molecule has 0 saturated carbocycles. The van der Waals surface area contributed by atoms with Crippen LogP contribution in [0.15, 0.2) is 36.4 Å². The topological polar surface area (TPSA) is 90.9 Å². The third-order valence-electron chi connectivity index (χ3n) is 4.73. The molecule has 2 aromatic heterocycles. The maximum absolute atomic E-state index is 13.5. The number of rotatable bonds is 3. The molecule has 0 bridgehead atoms. The molecule has 1 aliphatic carbocycles. The van der Waals surface area contributed by atoms with E-state index < -0.39 is 12.0 Å². The molecule has 7 heteroatoms. The Morgan fingerprint density at radius 3 is 2.96 bits per heavy atom. The molecular formula is C19H15FN4O2. The van der Waals surface area contributed by atoms with Gasteiger partial charge in [-0.2, -0.15) is 9.65 Å². The lowest BCUT2D eigenvalue weighted by Crippen LogP contribution is -2.34. The number of fused-ring (bicyclic) bond motifs is 3. The first-order valence-electron chi connectivity index (χ1n) is 8.20. The molecule has 0 unspecified atom stereocenters. The summed E-state index contributed by atoms with van der Waals surface area (Å²) in [5.74, 6) is -0.534. The zero-order chi connectivity index (χ0) is 18.3. The molecule has 4 rings (SSSR count). The lowest BCUT2D eigenvalue weighted by molar-refractivity contribution is 0.190.